The number of sulfone groups is 1. The number of hydrogen-bond donors (Lipinski definition) is 2. The molecule has 0 aliphatic heterocycles. The highest BCUT2D eigenvalue weighted by atomic mass is 32.2. The third-order valence-corrected chi connectivity index (χ3v) is 3.78. The van der Waals surface area contributed by atoms with E-state index in [4.69, 9.17) is 0 Å². The fourth-order valence-corrected chi connectivity index (χ4v) is 2.25. The van der Waals surface area contributed by atoms with Crippen molar-refractivity contribution in [3.05, 3.63) is 60.2 Å². The molecule has 2 rings (SSSR count). The van der Waals surface area contributed by atoms with Gasteiger partial charge in [-0.3, -0.25) is 0 Å². The second kappa shape index (κ2) is 5.86. The van der Waals surface area contributed by atoms with Gasteiger partial charge in [-0.15, -0.1) is 0 Å². The molecule has 0 saturated heterocycles. The maximum atomic E-state index is 11.3. The molecule has 0 aromatic heterocycles. The van der Waals surface area contributed by atoms with E-state index in [2.05, 4.69) is 10.9 Å². The van der Waals surface area contributed by atoms with Crippen molar-refractivity contribution in [3.8, 4) is 0 Å². The first-order valence-corrected chi connectivity index (χ1v) is 7.78. The number of benzene rings is 2. The van der Waals surface area contributed by atoms with Crippen molar-refractivity contribution in [1.82, 2.24) is 5.43 Å². The molecule has 5 heteroatoms. The summed E-state index contributed by atoms with van der Waals surface area (Å²) in [6, 6.07) is 16.6. The Bertz CT molecular complexity index is 622. The summed E-state index contributed by atoms with van der Waals surface area (Å²) in [6.07, 6.45) is 1.21. The molecule has 0 unspecified atom stereocenters. The molecule has 0 bridgehead atoms. The number of hydrazine groups is 1. The van der Waals surface area contributed by atoms with Crippen molar-refractivity contribution in [2.24, 2.45) is 0 Å². The van der Waals surface area contributed by atoms with Gasteiger partial charge in [-0.05, 0) is 29.8 Å². The third-order valence-electron chi connectivity index (χ3n) is 2.65. The van der Waals surface area contributed by atoms with Gasteiger partial charge in [0.2, 0.25) is 0 Å². The van der Waals surface area contributed by atoms with Crippen LogP contribution < -0.4 is 10.9 Å². The molecule has 19 heavy (non-hydrogen) atoms. The summed E-state index contributed by atoms with van der Waals surface area (Å²) in [5.74, 6) is 0. The number of anilines is 1. The SMILES string of the molecule is CS(=O)(=O)c1ccc(CNNc2ccccc2)cc1. The zero-order chi connectivity index (χ0) is 13.7. The van der Waals surface area contributed by atoms with Crippen LogP contribution in [0.1, 0.15) is 5.56 Å². The number of rotatable bonds is 5. The summed E-state index contributed by atoms with van der Waals surface area (Å²) < 4.78 is 22.6. The van der Waals surface area contributed by atoms with E-state index in [0.29, 0.717) is 11.4 Å². The molecular weight excluding hydrogens is 260 g/mol. The lowest BCUT2D eigenvalue weighted by Gasteiger charge is -2.08. The molecule has 0 fully saturated rings. The van der Waals surface area contributed by atoms with Crippen LogP contribution >= 0.6 is 0 Å². The normalized spacial score (nSPS) is 11.2. The average molecular weight is 276 g/mol. The second-order valence-electron chi connectivity index (χ2n) is 4.26. The molecule has 0 atom stereocenters. The van der Waals surface area contributed by atoms with Crippen molar-refractivity contribution in [1.29, 1.82) is 0 Å². The first-order valence-electron chi connectivity index (χ1n) is 5.88. The molecule has 0 radical (unpaired) electrons. The van der Waals surface area contributed by atoms with Gasteiger partial charge in [0.1, 0.15) is 0 Å². The lowest BCUT2D eigenvalue weighted by Crippen LogP contribution is -2.20. The van der Waals surface area contributed by atoms with E-state index in [1.54, 1.807) is 24.3 Å². The van der Waals surface area contributed by atoms with Crippen LogP contribution in [0.3, 0.4) is 0 Å². The molecule has 2 aromatic carbocycles. The highest BCUT2D eigenvalue weighted by Gasteiger charge is 2.05. The van der Waals surface area contributed by atoms with Gasteiger partial charge in [-0.25, -0.2) is 13.8 Å². The lowest BCUT2D eigenvalue weighted by atomic mass is 10.2. The Kier molecular flexibility index (Phi) is 4.19. The standard InChI is InChI=1S/C14H16N2O2S/c1-19(17,18)14-9-7-12(8-10-14)11-15-16-13-5-3-2-4-6-13/h2-10,15-16H,11H2,1H3. The van der Waals surface area contributed by atoms with E-state index in [1.807, 2.05) is 30.3 Å². The quantitative estimate of drug-likeness (QED) is 0.822. The number of nitrogens with one attached hydrogen (secondary N) is 2. The van der Waals surface area contributed by atoms with Crippen LogP contribution in [0.2, 0.25) is 0 Å². The summed E-state index contributed by atoms with van der Waals surface area (Å²) in [7, 11) is -3.12. The Labute approximate surface area is 113 Å². The second-order valence-corrected chi connectivity index (χ2v) is 6.28. The minimum absolute atomic E-state index is 0.340. The number of hydrogen-bond acceptors (Lipinski definition) is 4. The van der Waals surface area contributed by atoms with Crippen LogP contribution in [-0.4, -0.2) is 14.7 Å². The van der Waals surface area contributed by atoms with E-state index in [0.717, 1.165) is 11.3 Å². The van der Waals surface area contributed by atoms with Gasteiger partial charge < -0.3 is 5.43 Å². The van der Waals surface area contributed by atoms with Crippen LogP contribution in [0, 0.1) is 0 Å². The Hall–Kier alpha value is -1.85. The Morgan fingerprint density at radius 1 is 0.947 bits per heavy atom. The zero-order valence-electron chi connectivity index (χ0n) is 10.6. The van der Waals surface area contributed by atoms with Gasteiger partial charge in [-0.2, -0.15) is 0 Å². The Balaban J connectivity index is 1.90. The van der Waals surface area contributed by atoms with Crippen LogP contribution in [0.4, 0.5) is 5.69 Å². The minimum Gasteiger partial charge on any atom is -0.321 e. The molecule has 0 heterocycles. The van der Waals surface area contributed by atoms with Crippen LogP contribution in [0.5, 0.6) is 0 Å². The number of para-hydroxylation sites is 1. The monoisotopic (exact) mass is 276 g/mol. The largest absolute Gasteiger partial charge is 0.321 e. The molecule has 0 aliphatic carbocycles. The fraction of sp³-hybridized carbons (Fsp3) is 0.143. The van der Waals surface area contributed by atoms with Crippen molar-refractivity contribution in [2.75, 3.05) is 11.7 Å². The van der Waals surface area contributed by atoms with Crippen molar-refractivity contribution in [2.45, 2.75) is 11.4 Å². The smallest absolute Gasteiger partial charge is 0.175 e. The zero-order valence-corrected chi connectivity index (χ0v) is 11.4. The molecule has 2 aromatic rings. The summed E-state index contributed by atoms with van der Waals surface area (Å²) >= 11 is 0. The lowest BCUT2D eigenvalue weighted by molar-refractivity contribution is 0.602. The first kappa shape index (κ1) is 13.6. The van der Waals surface area contributed by atoms with Gasteiger partial charge >= 0.3 is 0 Å². The predicted molar refractivity (Wildman–Crippen MR) is 76.5 cm³/mol. The molecular formula is C14H16N2O2S. The van der Waals surface area contributed by atoms with Gasteiger partial charge in [0, 0.05) is 18.5 Å². The molecule has 0 spiro atoms. The highest BCUT2D eigenvalue weighted by molar-refractivity contribution is 7.90. The van der Waals surface area contributed by atoms with Gasteiger partial charge in [0.05, 0.1) is 4.90 Å². The molecule has 0 amide bonds. The molecule has 100 valence electrons. The molecule has 2 N–H and O–H groups in total. The predicted octanol–water partition coefficient (Wildman–Crippen LogP) is 2.21. The van der Waals surface area contributed by atoms with Crippen LogP contribution in [0.15, 0.2) is 59.5 Å². The maximum absolute atomic E-state index is 11.3. The Morgan fingerprint density at radius 3 is 2.16 bits per heavy atom. The van der Waals surface area contributed by atoms with E-state index in [9.17, 15) is 8.42 Å². The van der Waals surface area contributed by atoms with E-state index >= 15 is 0 Å². The van der Waals surface area contributed by atoms with E-state index < -0.39 is 9.84 Å². The third kappa shape index (κ3) is 4.08. The summed E-state index contributed by atoms with van der Waals surface area (Å²) in [5.41, 5.74) is 8.14. The fourth-order valence-electron chi connectivity index (χ4n) is 1.62. The van der Waals surface area contributed by atoms with Crippen molar-refractivity contribution >= 4 is 15.5 Å². The van der Waals surface area contributed by atoms with Gasteiger partial charge in [0.25, 0.3) is 0 Å². The topological polar surface area (TPSA) is 58.2 Å². The molecule has 0 aliphatic rings. The van der Waals surface area contributed by atoms with Gasteiger partial charge in [-0.1, -0.05) is 30.3 Å². The summed E-state index contributed by atoms with van der Waals surface area (Å²) in [4.78, 5) is 0.340. The maximum Gasteiger partial charge on any atom is 0.175 e. The first-order chi connectivity index (χ1) is 9.05. The molecule has 4 nitrogen and oxygen atoms in total. The summed E-state index contributed by atoms with van der Waals surface area (Å²) in [5, 5.41) is 0. The minimum atomic E-state index is -3.12. The molecule has 0 saturated carbocycles. The van der Waals surface area contributed by atoms with Crippen LogP contribution in [0.25, 0.3) is 0 Å². The Morgan fingerprint density at radius 2 is 1.58 bits per heavy atom. The average Bonchev–Trinajstić information content (AvgIpc) is 2.39. The summed E-state index contributed by atoms with van der Waals surface area (Å²) in [6.45, 7) is 0.610. The van der Waals surface area contributed by atoms with Crippen LogP contribution in [-0.2, 0) is 16.4 Å². The van der Waals surface area contributed by atoms with E-state index in [-0.39, 0.29) is 0 Å². The van der Waals surface area contributed by atoms with E-state index in [1.165, 1.54) is 6.26 Å². The van der Waals surface area contributed by atoms with Gasteiger partial charge in [0.15, 0.2) is 9.84 Å². The van der Waals surface area contributed by atoms with Crippen molar-refractivity contribution in [3.63, 3.8) is 0 Å². The highest BCUT2D eigenvalue weighted by Crippen LogP contribution is 2.10. The van der Waals surface area contributed by atoms with Crippen molar-refractivity contribution < 1.29 is 8.42 Å².